The molecule has 78 valence electrons. The van der Waals surface area contributed by atoms with Crippen molar-refractivity contribution >= 4 is 10.9 Å². The van der Waals surface area contributed by atoms with E-state index in [1.165, 1.54) is 0 Å². The number of aromatic nitrogens is 1. The van der Waals surface area contributed by atoms with E-state index in [-0.39, 0.29) is 5.75 Å². The van der Waals surface area contributed by atoms with E-state index in [9.17, 15) is 10.2 Å². The second-order valence-electron chi connectivity index (χ2n) is 3.85. The summed E-state index contributed by atoms with van der Waals surface area (Å²) in [6, 6.07) is 5.21. The zero-order valence-electron chi connectivity index (χ0n) is 8.12. The maximum atomic E-state index is 9.73. The molecule has 1 aromatic heterocycles. The Kier molecular flexibility index (Phi) is 1.74. The van der Waals surface area contributed by atoms with Crippen LogP contribution < -0.4 is 5.32 Å². The van der Waals surface area contributed by atoms with Gasteiger partial charge in [0.15, 0.2) is 0 Å². The Morgan fingerprint density at radius 2 is 2.20 bits per heavy atom. The molecule has 2 aromatic rings. The highest BCUT2D eigenvalue weighted by atomic mass is 16.3. The highest BCUT2D eigenvalue weighted by Crippen LogP contribution is 2.30. The van der Waals surface area contributed by atoms with Crippen molar-refractivity contribution in [2.75, 3.05) is 6.54 Å². The van der Waals surface area contributed by atoms with Crippen molar-refractivity contribution < 1.29 is 10.2 Å². The molecule has 0 saturated carbocycles. The van der Waals surface area contributed by atoms with Crippen LogP contribution in [0.4, 0.5) is 0 Å². The Morgan fingerprint density at radius 1 is 1.33 bits per heavy atom. The number of phenols is 1. The molecule has 0 saturated heterocycles. The van der Waals surface area contributed by atoms with Crippen molar-refractivity contribution in [3.05, 3.63) is 29.5 Å². The van der Waals surface area contributed by atoms with Crippen molar-refractivity contribution in [3.63, 3.8) is 0 Å². The summed E-state index contributed by atoms with van der Waals surface area (Å²) in [5.74, 6) is 0.261. The first-order valence-corrected chi connectivity index (χ1v) is 5.00. The first kappa shape index (κ1) is 8.76. The van der Waals surface area contributed by atoms with Gasteiger partial charge >= 0.3 is 0 Å². The summed E-state index contributed by atoms with van der Waals surface area (Å²) >= 11 is 0. The summed E-state index contributed by atoms with van der Waals surface area (Å²) in [5.41, 5.74) is 2.88. The summed E-state index contributed by atoms with van der Waals surface area (Å²) in [7, 11) is 0. The van der Waals surface area contributed by atoms with Gasteiger partial charge in [0.2, 0.25) is 0 Å². The van der Waals surface area contributed by atoms with E-state index in [4.69, 9.17) is 0 Å². The number of rotatable bonds is 0. The van der Waals surface area contributed by atoms with Crippen molar-refractivity contribution in [2.45, 2.75) is 12.6 Å². The third-order valence-electron chi connectivity index (χ3n) is 2.91. The number of hydrogen-bond acceptors (Lipinski definition) is 3. The molecule has 15 heavy (non-hydrogen) atoms. The van der Waals surface area contributed by atoms with Gasteiger partial charge in [-0.25, -0.2) is 0 Å². The number of aromatic amines is 1. The summed E-state index contributed by atoms with van der Waals surface area (Å²) < 4.78 is 0. The molecule has 3 rings (SSSR count). The van der Waals surface area contributed by atoms with E-state index in [2.05, 4.69) is 10.3 Å². The van der Waals surface area contributed by atoms with Crippen LogP contribution in [0.25, 0.3) is 10.9 Å². The van der Waals surface area contributed by atoms with Crippen LogP contribution in [0.1, 0.15) is 17.5 Å². The molecule has 4 heteroatoms. The normalized spacial score (nSPS) is 20.5. The largest absolute Gasteiger partial charge is 0.508 e. The molecule has 1 aliphatic heterocycles. The molecule has 1 unspecified atom stereocenters. The highest BCUT2D eigenvalue weighted by Gasteiger charge is 2.21. The first-order chi connectivity index (χ1) is 7.25. The maximum absolute atomic E-state index is 9.73. The minimum Gasteiger partial charge on any atom is -0.508 e. The molecule has 0 amide bonds. The fraction of sp³-hybridized carbons (Fsp3) is 0.273. The van der Waals surface area contributed by atoms with Gasteiger partial charge in [-0.3, -0.25) is 5.32 Å². The zero-order chi connectivity index (χ0) is 10.4. The molecule has 0 radical (unpaired) electrons. The molecule has 4 N–H and O–H groups in total. The second-order valence-corrected chi connectivity index (χ2v) is 3.85. The topological polar surface area (TPSA) is 68.3 Å². The number of aliphatic hydroxyl groups excluding tert-OH is 1. The Labute approximate surface area is 86.5 Å². The van der Waals surface area contributed by atoms with Gasteiger partial charge in [0.05, 0.1) is 5.69 Å². The third-order valence-corrected chi connectivity index (χ3v) is 2.91. The Balaban J connectivity index is 2.31. The number of benzene rings is 1. The number of nitrogens with one attached hydrogen (secondary N) is 2. The molecule has 0 aliphatic carbocycles. The number of H-pyrrole nitrogens is 1. The number of hydrogen-bond donors (Lipinski definition) is 4. The average Bonchev–Trinajstić information content (AvgIpc) is 2.58. The van der Waals surface area contributed by atoms with E-state index < -0.39 is 6.23 Å². The molecule has 1 atom stereocenters. The number of aliphatic hydroxyl groups is 1. The molecule has 1 aliphatic rings. The van der Waals surface area contributed by atoms with Crippen LogP contribution in [0.2, 0.25) is 0 Å². The molecule has 4 nitrogen and oxygen atoms in total. The number of phenolic OH excluding ortho intramolecular Hbond substituents is 1. The van der Waals surface area contributed by atoms with Crippen molar-refractivity contribution in [3.8, 4) is 5.75 Å². The fourth-order valence-corrected chi connectivity index (χ4v) is 2.20. The molecule has 0 spiro atoms. The van der Waals surface area contributed by atoms with Gasteiger partial charge in [-0.05, 0) is 30.2 Å². The molecular formula is C11H12N2O2. The molecular weight excluding hydrogens is 192 g/mol. The van der Waals surface area contributed by atoms with E-state index in [1.54, 1.807) is 12.1 Å². The van der Waals surface area contributed by atoms with Gasteiger partial charge in [-0.1, -0.05) is 0 Å². The maximum Gasteiger partial charge on any atom is 0.146 e. The van der Waals surface area contributed by atoms with Gasteiger partial charge in [-0.15, -0.1) is 0 Å². The van der Waals surface area contributed by atoms with E-state index in [0.29, 0.717) is 0 Å². The predicted octanol–water partition coefficient (Wildman–Crippen LogP) is 1.01. The van der Waals surface area contributed by atoms with Crippen LogP contribution in [0, 0.1) is 0 Å². The van der Waals surface area contributed by atoms with Crippen LogP contribution in [0.15, 0.2) is 18.2 Å². The van der Waals surface area contributed by atoms with Crippen LogP contribution >= 0.6 is 0 Å². The summed E-state index contributed by atoms with van der Waals surface area (Å²) in [4.78, 5) is 3.17. The minimum atomic E-state index is -0.622. The standard InChI is InChI=1S/C11H12N2O2/c14-6-1-2-9-8(5-6)7-3-4-12-11(15)10(7)13-9/h1-2,5,11-15H,3-4H2. The van der Waals surface area contributed by atoms with Crippen LogP contribution in [0.3, 0.4) is 0 Å². The fourth-order valence-electron chi connectivity index (χ4n) is 2.20. The van der Waals surface area contributed by atoms with Crippen LogP contribution in [0.5, 0.6) is 5.75 Å². The van der Waals surface area contributed by atoms with Gasteiger partial charge < -0.3 is 15.2 Å². The lowest BCUT2D eigenvalue weighted by atomic mass is 10.0. The Morgan fingerprint density at radius 3 is 3.07 bits per heavy atom. The Bertz CT molecular complexity index is 519. The third kappa shape index (κ3) is 1.22. The lowest BCUT2D eigenvalue weighted by molar-refractivity contribution is 0.128. The smallest absolute Gasteiger partial charge is 0.146 e. The number of aromatic hydroxyl groups is 1. The summed E-state index contributed by atoms with van der Waals surface area (Å²) in [5, 5.41) is 23.1. The van der Waals surface area contributed by atoms with Crippen LogP contribution in [-0.4, -0.2) is 21.7 Å². The van der Waals surface area contributed by atoms with Gasteiger partial charge in [-0.2, -0.15) is 0 Å². The van der Waals surface area contributed by atoms with Crippen molar-refractivity contribution in [1.82, 2.24) is 10.3 Å². The zero-order valence-corrected chi connectivity index (χ0v) is 8.12. The van der Waals surface area contributed by atoms with Gasteiger partial charge in [0.25, 0.3) is 0 Å². The second kappa shape index (κ2) is 2.98. The summed E-state index contributed by atoms with van der Waals surface area (Å²) in [6.45, 7) is 0.761. The minimum absolute atomic E-state index is 0.261. The van der Waals surface area contributed by atoms with Gasteiger partial charge in [0, 0.05) is 17.4 Å². The van der Waals surface area contributed by atoms with Crippen LogP contribution in [-0.2, 0) is 6.42 Å². The molecule has 0 fully saturated rings. The van der Waals surface area contributed by atoms with E-state index >= 15 is 0 Å². The van der Waals surface area contributed by atoms with E-state index in [0.717, 1.165) is 35.1 Å². The van der Waals surface area contributed by atoms with Crippen molar-refractivity contribution in [1.29, 1.82) is 0 Å². The lowest BCUT2D eigenvalue weighted by Crippen LogP contribution is -2.29. The lowest BCUT2D eigenvalue weighted by Gasteiger charge is -2.19. The SMILES string of the molecule is Oc1ccc2[nH]c3c(c2c1)CCNC3O. The van der Waals surface area contributed by atoms with Crippen molar-refractivity contribution in [2.24, 2.45) is 0 Å². The predicted molar refractivity (Wildman–Crippen MR) is 56.6 cm³/mol. The summed E-state index contributed by atoms with van der Waals surface area (Å²) in [6.07, 6.45) is 0.249. The monoisotopic (exact) mass is 204 g/mol. The Hall–Kier alpha value is -1.52. The number of fused-ring (bicyclic) bond motifs is 3. The van der Waals surface area contributed by atoms with E-state index in [1.807, 2.05) is 6.07 Å². The first-order valence-electron chi connectivity index (χ1n) is 5.00. The highest BCUT2D eigenvalue weighted by molar-refractivity contribution is 5.86. The molecule has 0 bridgehead atoms. The quantitative estimate of drug-likeness (QED) is 0.517. The molecule has 2 heterocycles. The average molecular weight is 204 g/mol. The molecule has 1 aromatic carbocycles. The van der Waals surface area contributed by atoms with Gasteiger partial charge in [0.1, 0.15) is 12.0 Å².